The first-order valence-electron chi connectivity index (χ1n) is 10.8. The molecule has 178 valence electrons. The lowest BCUT2D eigenvalue weighted by atomic mass is 10.1. The average molecular weight is 497 g/mol. The van der Waals surface area contributed by atoms with Gasteiger partial charge in [0.05, 0.1) is 56.6 Å². The molecule has 0 saturated heterocycles. The minimum absolute atomic E-state index is 0.166. The van der Waals surface area contributed by atoms with Crippen molar-refractivity contribution in [1.82, 2.24) is 0 Å². The van der Waals surface area contributed by atoms with Crippen LogP contribution in [0.25, 0.3) is 21.5 Å². The van der Waals surface area contributed by atoms with Crippen LogP contribution >= 0.6 is 0 Å². The molecule has 0 unspecified atom stereocenters. The predicted molar refractivity (Wildman–Crippen MR) is 140 cm³/mol. The minimum Gasteiger partial charge on any atom is -0.495 e. The molecule has 4 aromatic rings. The second-order valence-corrected chi connectivity index (χ2v) is 12.5. The number of ether oxygens (including phenoxy) is 2. The van der Waals surface area contributed by atoms with E-state index in [1.165, 1.54) is 0 Å². The highest BCUT2D eigenvalue weighted by atomic mass is 32.2. The number of hydrogen-bond acceptors (Lipinski definition) is 6. The zero-order chi connectivity index (χ0) is 24.3. The predicted octanol–water partition coefficient (Wildman–Crippen LogP) is 5.62. The van der Waals surface area contributed by atoms with E-state index in [-0.39, 0.29) is 13.1 Å². The van der Waals surface area contributed by atoms with Gasteiger partial charge >= 0.3 is 0 Å². The maximum Gasteiger partial charge on any atom is 0.136 e. The van der Waals surface area contributed by atoms with E-state index in [4.69, 9.17) is 9.47 Å². The minimum atomic E-state index is -2.79. The van der Waals surface area contributed by atoms with Crippen molar-refractivity contribution in [3.8, 4) is 11.5 Å². The molecule has 0 fully saturated rings. The lowest BCUT2D eigenvalue weighted by Gasteiger charge is -2.14. The van der Waals surface area contributed by atoms with Crippen LogP contribution in [0.5, 0.6) is 11.5 Å². The Hall–Kier alpha value is -3.10. The molecule has 8 heteroatoms. The van der Waals surface area contributed by atoms with Crippen LogP contribution in [0.15, 0.2) is 91.3 Å². The van der Waals surface area contributed by atoms with Crippen molar-refractivity contribution in [2.45, 2.75) is 9.79 Å². The van der Waals surface area contributed by atoms with Crippen molar-refractivity contribution >= 4 is 41.0 Å². The number of hydrogen-bond donors (Lipinski definition) is 0. The number of benzene rings is 4. The van der Waals surface area contributed by atoms with Crippen LogP contribution in [0.2, 0.25) is 0 Å². The van der Waals surface area contributed by atoms with Crippen molar-refractivity contribution in [3.63, 3.8) is 0 Å². The molecule has 0 saturated carbocycles. The van der Waals surface area contributed by atoms with Gasteiger partial charge < -0.3 is 9.47 Å². The quantitative estimate of drug-likeness (QED) is 0.311. The first-order chi connectivity index (χ1) is 16.3. The van der Waals surface area contributed by atoms with Crippen molar-refractivity contribution in [2.75, 3.05) is 39.8 Å². The van der Waals surface area contributed by atoms with Crippen LogP contribution < -0.4 is 9.47 Å². The van der Waals surface area contributed by atoms with Crippen LogP contribution in [0.4, 0.5) is 0 Å². The van der Waals surface area contributed by atoms with Gasteiger partial charge in [-0.3, -0.25) is 0 Å². The van der Waals surface area contributed by atoms with Crippen molar-refractivity contribution in [1.29, 1.82) is 0 Å². The van der Waals surface area contributed by atoms with Gasteiger partial charge in [-0.15, -0.1) is 0 Å². The molecule has 34 heavy (non-hydrogen) atoms. The zero-order valence-electron chi connectivity index (χ0n) is 19.7. The summed E-state index contributed by atoms with van der Waals surface area (Å²) in [6.45, 7) is 0.333. The molecule has 0 spiro atoms. The van der Waals surface area contributed by atoms with Crippen molar-refractivity contribution in [2.24, 2.45) is 8.73 Å². The van der Waals surface area contributed by atoms with Crippen LogP contribution in [0.3, 0.4) is 0 Å². The van der Waals surface area contributed by atoms with Crippen LogP contribution in [0.1, 0.15) is 0 Å². The van der Waals surface area contributed by atoms with Gasteiger partial charge in [-0.2, -0.15) is 0 Å². The summed E-state index contributed by atoms with van der Waals surface area (Å²) < 4.78 is 47.3. The first-order valence-corrected chi connectivity index (χ1v) is 14.6. The SMILES string of the molecule is COc1ccc2ccccc2c1[S@@](C)(=O)=NCCN=[S@](C)(=O)c1c(OC)ccc2ccccc12. The normalized spacial score (nSPS) is 14.8. The van der Waals surface area contributed by atoms with Gasteiger partial charge in [0, 0.05) is 23.3 Å². The largest absolute Gasteiger partial charge is 0.495 e. The second kappa shape index (κ2) is 9.64. The Kier molecular flexibility index (Phi) is 6.81. The Morgan fingerprint density at radius 1 is 0.618 bits per heavy atom. The molecule has 2 atom stereocenters. The Morgan fingerprint density at radius 2 is 1.00 bits per heavy atom. The third-order valence-corrected chi connectivity index (χ3v) is 9.37. The van der Waals surface area contributed by atoms with Crippen LogP contribution in [0, 0.1) is 0 Å². The van der Waals surface area contributed by atoms with Gasteiger partial charge in [0.25, 0.3) is 0 Å². The summed E-state index contributed by atoms with van der Waals surface area (Å²) in [6.07, 6.45) is 3.21. The Labute approximate surface area is 201 Å². The fraction of sp³-hybridized carbons (Fsp3) is 0.231. The van der Waals surface area contributed by atoms with E-state index < -0.39 is 19.5 Å². The topological polar surface area (TPSA) is 77.3 Å². The monoisotopic (exact) mass is 496 g/mol. The van der Waals surface area contributed by atoms with E-state index >= 15 is 0 Å². The summed E-state index contributed by atoms with van der Waals surface area (Å²) in [5.41, 5.74) is 0. The summed E-state index contributed by atoms with van der Waals surface area (Å²) in [6, 6.07) is 22.9. The lowest BCUT2D eigenvalue weighted by molar-refractivity contribution is 0.405. The van der Waals surface area contributed by atoms with E-state index in [1.54, 1.807) is 26.7 Å². The summed E-state index contributed by atoms with van der Waals surface area (Å²) in [5.74, 6) is 1.07. The maximum absolute atomic E-state index is 13.7. The lowest BCUT2D eigenvalue weighted by Crippen LogP contribution is -2.06. The molecule has 0 aliphatic carbocycles. The second-order valence-electron chi connectivity index (χ2n) is 7.95. The van der Waals surface area contributed by atoms with Gasteiger partial charge in [-0.25, -0.2) is 17.1 Å². The fourth-order valence-electron chi connectivity index (χ4n) is 4.11. The molecule has 0 heterocycles. The molecule has 6 nitrogen and oxygen atoms in total. The highest BCUT2D eigenvalue weighted by Crippen LogP contribution is 2.34. The summed E-state index contributed by atoms with van der Waals surface area (Å²) in [4.78, 5) is 1.14. The van der Waals surface area contributed by atoms with Gasteiger partial charge in [-0.05, 0) is 22.9 Å². The number of nitrogens with zero attached hydrogens (tertiary/aromatic N) is 2. The molecule has 0 N–H and O–H groups in total. The Balaban J connectivity index is 1.71. The van der Waals surface area contributed by atoms with Gasteiger partial charge in [0.15, 0.2) is 0 Å². The van der Waals surface area contributed by atoms with Gasteiger partial charge in [-0.1, -0.05) is 60.7 Å². The summed E-state index contributed by atoms with van der Waals surface area (Å²) >= 11 is 0. The maximum atomic E-state index is 13.7. The molecule has 4 aromatic carbocycles. The van der Waals surface area contributed by atoms with Gasteiger partial charge in [0.1, 0.15) is 11.5 Å². The number of methoxy groups -OCH3 is 2. The third kappa shape index (κ3) is 4.60. The molecule has 0 aliphatic heterocycles. The first kappa shape index (κ1) is 24.0. The number of rotatable bonds is 7. The highest BCUT2D eigenvalue weighted by molar-refractivity contribution is 7.93. The summed E-state index contributed by atoms with van der Waals surface area (Å²) in [5, 5.41) is 3.62. The number of fused-ring (bicyclic) bond motifs is 2. The van der Waals surface area contributed by atoms with Crippen LogP contribution in [-0.4, -0.2) is 48.2 Å². The average Bonchev–Trinajstić information content (AvgIpc) is 2.85. The Bertz CT molecular complexity index is 1490. The molecular weight excluding hydrogens is 468 g/mol. The smallest absolute Gasteiger partial charge is 0.136 e. The van der Waals surface area contributed by atoms with E-state index in [1.807, 2.05) is 72.8 Å². The molecule has 0 amide bonds. The molecule has 4 rings (SSSR count). The third-order valence-electron chi connectivity index (χ3n) is 5.66. The molecule has 0 radical (unpaired) electrons. The van der Waals surface area contributed by atoms with Crippen molar-refractivity contribution in [3.05, 3.63) is 72.8 Å². The van der Waals surface area contributed by atoms with Gasteiger partial charge in [0.2, 0.25) is 0 Å². The standard InChI is InChI=1S/C26H28N2O4S2/c1-31-23-15-13-19-9-5-7-11-21(19)25(23)33(3,29)27-17-18-28-34(4,30)26-22-12-8-6-10-20(22)14-16-24(26)32-2/h5-16H,17-18H2,1-4H3/t33-,34-/m1/s1. The van der Waals surface area contributed by atoms with E-state index in [2.05, 4.69) is 8.73 Å². The molecule has 0 aromatic heterocycles. The Morgan fingerprint density at radius 3 is 1.38 bits per heavy atom. The molecule has 0 bridgehead atoms. The fourth-order valence-corrected chi connectivity index (χ4v) is 7.46. The van der Waals surface area contributed by atoms with E-state index in [0.29, 0.717) is 21.3 Å². The van der Waals surface area contributed by atoms with E-state index in [0.717, 1.165) is 21.5 Å². The van der Waals surface area contributed by atoms with Crippen LogP contribution in [-0.2, 0) is 19.5 Å². The molecular formula is C26H28N2O4S2. The summed E-state index contributed by atoms with van der Waals surface area (Å²) in [7, 11) is -2.46. The van der Waals surface area contributed by atoms with Crippen molar-refractivity contribution < 1.29 is 17.9 Å². The highest BCUT2D eigenvalue weighted by Gasteiger charge is 2.18. The molecule has 0 aliphatic rings. The zero-order valence-corrected chi connectivity index (χ0v) is 21.3. The van der Waals surface area contributed by atoms with E-state index in [9.17, 15) is 8.42 Å².